The van der Waals surface area contributed by atoms with E-state index in [1.54, 1.807) is 0 Å². The summed E-state index contributed by atoms with van der Waals surface area (Å²) < 4.78 is 13.6. The summed E-state index contributed by atoms with van der Waals surface area (Å²) in [5.41, 5.74) is -0.248. The summed E-state index contributed by atoms with van der Waals surface area (Å²) in [5, 5.41) is 8.20. The number of ketones is 2. The van der Waals surface area contributed by atoms with Gasteiger partial charge in [0.2, 0.25) is 5.78 Å². The van der Waals surface area contributed by atoms with Gasteiger partial charge in [0.1, 0.15) is 5.82 Å². The van der Waals surface area contributed by atoms with Gasteiger partial charge in [-0.05, 0) is 18.6 Å². The number of halogens is 2. The number of hydrogen-bond donors (Lipinski definition) is 1. The number of carboxylic acid groups (broad SMARTS) is 1. The van der Waals surface area contributed by atoms with E-state index in [4.69, 9.17) is 16.7 Å². The van der Waals surface area contributed by atoms with Gasteiger partial charge in [-0.3, -0.25) is 9.59 Å². The lowest BCUT2D eigenvalue weighted by atomic mass is 10.0. The highest BCUT2D eigenvalue weighted by atomic mass is 35.5. The van der Waals surface area contributed by atoms with Crippen molar-refractivity contribution in [2.75, 3.05) is 0 Å². The van der Waals surface area contributed by atoms with Crippen LogP contribution < -0.4 is 0 Å². The summed E-state index contributed by atoms with van der Waals surface area (Å²) in [5.74, 6) is -4.81. The van der Waals surface area contributed by atoms with E-state index >= 15 is 0 Å². The topological polar surface area (TPSA) is 71.4 Å². The summed E-state index contributed by atoms with van der Waals surface area (Å²) in [6.07, 6.45) is -0.907. The molecule has 0 radical (unpaired) electrons. The Balaban J connectivity index is 3.09. The van der Waals surface area contributed by atoms with Crippen LogP contribution in [0.2, 0.25) is 5.02 Å². The van der Waals surface area contributed by atoms with Crippen LogP contribution in [-0.2, 0) is 9.59 Å². The SMILES string of the molecule is Cc1ccc(Cl)c(C(=O)CC(=O)C(=O)O)c1F. The van der Waals surface area contributed by atoms with Crippen LogP contribution in [0.1, 0.15) is 22.3 Å². The van der Waals surface area contributed by atoms with Crippen LogP contribution in [0.25, 0.3) is 0 Å². The van der Waals surface area contributed by atoms with Gasteiger partial charge < -0.3 is 5.11 Å². The van der Waals surface area contributed by atoms with E-state index in [0.717, 1.165) is 0 Å². The summed E-state index contributed by atoms with van der Waals surface area (Å²) in [6.45, 7) is 1.43. The molecule has 0 unspecified atom stereocenters. The Bertz CT molecular complexity index is 510. The predicted octanol–water partition coefficient (Wildman–Crippen LogP) is 2.01. The number of carbonyl (C=O) groups excluding carboxylic acids is 2. The minimum Gasteiger partial charge on any atom is -0.475 e. The molecule has 0 aliphatic heterocycles. The number of carboxylic acids is 1. The van der Waals surface area contributed by atoms with Crippen molar-refractivity contribution in [1.82, 2.24) is 0 Å². The highest BCUT2D eigenvalue weighted by molar-refractivity contribution is 6.39. The van der Waals surface area contributed by atoms with Crippen LogP contribution in [0.3, 0.4) is 0 Å². The van der Waals surface area contributed by atoms with Gasteiger partial charge in [-0.1, -0.05) is 17.7 Å². The maximum Gasteiger partial charge on any atom is 0.372 e. The second-order valence-corrected chi connectivity index (χ2v) is 3.79. The van der Waals surface area contributed by atoms with Crippen LogP contribution in [0.5, 0.6) is 0 Å². The number of benzene rings is 1. The Labute approximate surface area is 101 Å². The van der Waals surface area contributed by atoms with Crippen LogP contribution in [0.15, 0.2) is 12.1 Å². The van der Waals surface area contributed by atoms with Crippen molar-refractivity contribution in [1.29, 1.82) is 0 Å². The number of carbonyl (C=O) groups is 3. The van der Waals surface area contributed by atoms with E-state index in [1.807, 2.05) is 0 Å². The second-order valence-electron chi connectivity index (χ2n) is 3.38. The van der Waals surface area contributed by atoms with Crippen LogP contribution in [0.4, 0.5) is 4.39 Å². The highest BCUT2D eigenvalue weighted by Gasteiger charge is 2.23. The zero-order chi connectivity index (χ0) is 13.2. The Kier molecular flexibility index (Phi) is 3.96. The number of aryl methyl sites for hydroxylation is 1. The fraction of sp³-hybridized carbons (Fsp3) is 0.182. The molecule has 1 rings (SSSR count). The molecule has 1 N–H and O–H groups in total. The number of Topliss-reactive ketones (excluding diaryl/α,β-unsaturated/α-hetero) is 2. The Morgan fingerprint density at radius 1 is 1.35 bits per heavy atom. The maximum atomic E-state index is 13.6. The van der Waals surface area contributed by atoms with Gasteiger partial charge in [-0.2, -0.15) is 0 Å². The van der Waals surface area contributed by atoms with Crippen molar-refractivity contribution < 1.29 is 23.9 Å². The molecule has 0 aliphatic rings. The van der Waals surface area contributed by atoms with Crippen molar-refractivity contribution in [2.24, 2.45) is 0 Å². The third-order valence-corrected chi connectivity index (χ3v) is 2.44. The number of aliphatic carboxylic acids is 1. The minimum absolute atomic E-state index is 0.142. The van der Waals surface area contributed by atoms with E-state index in [2.05, 4.69) is 0 Å². The van der Waals surface area contributed by atoms with Gasteiger partial charge in [-0.15, -0.1) is 0 Å². The molecule has 4 nitrogen and oxygen atoms in total. The second kappa shape index (κ2) is 5.05. The summed E-state index contributed by atoms with van der Waals surface area (Å²) in [7, 11) is 0. The quantitative estimate of drug-likeness (QED) is 0.509. The van der Waals surface area contributed by atoms with E-state index in [1.165, 1.54) is 19.1 Å². The molecule has 0 saturated heterocycles. The molecule has 1 aromatic rings. The van der Waals surface area contributed by atoms with Crippen molar-refractivity contribution in [3.63, 3.8) is 0 Å². The molecule has 0 fully saturated rings. The van der Waals surface area contributed by atoms with Gasteiger partial charge in [0.05, 0.1) is 17.0 Å². The molecule has 0 spiro atoms. The van der Waals surface area contributed by atoms with E-state index in [9.17, 15) is 18.8 Å². The lowest BCUT2D eigenvalue weighted by Crippen LogP contribution is -2.18. The molecule has 0 aliphatic carbocycles. The van der Waals surface area contributed by atoms with Gasteiger partial charge in [0.25, 0.3) is 0 Å². The first kappa shape index (κ1) is 13.3. The minimum atomic E-state index is -1.73. The molecule has 6 heteroatoms. The van der Waals surface area contributed by atoms with Gasteiger partial charge in [0.15, 0.2) is 5.78 Å². The van der Waals surface area contributed by atoms with Crippen LogP contribution >= 0.6 is 11.6 Å². The maximum absolute atomic E-state index is 13.6. The average Bonchev–Trinajstić information content (AvgIpc) is 2.24. The fourth-order valence-electron chi connectivity index (χ4n) is 1.22. The molecule has 0 aromatic heterocycles. The van der Waals surface area contributed by atoms with Crippen molar-refractivity contribution in [2.45, 2.75) is 13.3 Å². The first-order valence-electron chi connectivity index (χ1n) is 4.58. The smallest absolute Gasteiger partial charge is 0.372 e. The van der Waals surface area contributed by atoms with Crippen molar-refractivity contribution in [3.05, 3.63) is 34.1 Å². The average molecular weight is 259 g/mol. The molecule has 0 heterocycles. The van der Waals surface area contributed by atoms with E-state index in [0.29, 0.717) is 0 Å². The predicted molar refractivity (Wildman–Crippen MR) is 57.7 cm³/mol. The number of rotatable bonds is 4. The standard InChI is InChI=1S/C11H8ClFO4/c1-5-2-3-6(12)9(10(5)13)7(14)4-8(15)11(16)17/h2-3H,4H2,1H3,(H,16,17). The molecule has 0 bridgehead atoms. The normalized spacial score (nSPS) is 10.1. The summed E-state index contributed by atoms with van der Waals surface area (Å²) in [6, 6.07) is 2.70. The zero-order valence-electron chi connectivity index (χ0n) is 8.79. The third kappa shape index (κ3) is 2.88. The molecule has 1 aromatic carbocycles. The number of hydrogen-bond acceptors (Lipinski definition) is 3. The van der Waals surface area contributed by atoms with Crippen LogP contribution in [0, 0.1) is 12.7 Å². The molecular weight excluding hydrogens is 251 g/mol. The molecule has 0 atom stereocenters. The lowest BCUT2D eigenvalue weighted by Gasteiger charge is -2.05. The van der Waals surface area contributed by atoms with Gasteiger partial charge in [-0.25, -0.2) is 9.18 Å². The highest BCUT2D eigenvalue weighted by Crippen LogP contribution is 2.23. The molecule has 0 amide bonds. The molecule has 0 saturated carbocycles. The zero-order valence-corrected chi connectivity index (χ0v) is 9.55. The first-order chi connectivity index (χ1) is 7.84. The Morgan fingerprint density at radius 2 is 1.94 bits per heavy atom. The monoisotopic (exact) mass is 258 g/mol. The molecule has 17 heavy (non-hydrogen) atoms. The third-order valence-electron chi connectivity index (χ3n) is 2.12. The van der Waals surface area contributed by atoms with Gasteiger partial charge >= 0.3 is 5.97 Å². The van der Waals surface area contributed by atoms with E-state index in [-0.39, 0.29) is 10.6 Å². The van der Waals surface area contributed by atoms with E-state index < -0.39 is 35.3 Å². The first-order valence-corrected chi connectivity index (χ1v) is 4.96. The Hall–Kier alpha value is -1.75. The van der Waals surface area contributed by atoms with Gasteiger partial charge in [0, 0.05) is 0 Å². The lowest BCUT2D eigenvalue weighted by molar-refractivity contribution is -0.148. The van der Waals surface area contributed by atoms with Crippen LogP contribution in [-0.4, -0.2) is 22.6 Å². The summed E-state index contributed by atoms with van der Waals surface area (Å²) in [4.78, 5) is 32.7. The Morgan fingerprint density at radius 3 is 2.47 bits per heavy atom. The molecule has 90 valence electrons. The van der Waals surface area contributed by atoms with Crippen molar-refractivity contribution in [3.8, 4) is 0 Å². The summed E-state index contributed by atoms with van der Waals surface area (Å²) >= 11 is 5.64. The largest absolute Gasteiger partial charge is 0.475 e. The van der Waals surface area contributed by atoms with Crippen molar-refractivity contribution >= 4 is 29.1 Å². The molecular formula is C11H8ClFO4. The fourth-order valence-corrected chi connectivity index (χ4v) is 1.47.